The minimum atomic E-state index is -0.0434. The van der Waals surface area contributed by atoms with Crippen molar-refractivity contribution in [3.05, 3.63) is 43.8 Å². The Bertz CT molecular complexity index is 1300. The number of carbonyl (C=O) groups excluding carboxylic acids is 1. The molecule has 3 heterocycles. The van der Waals surface area contributed by atoms with Crippen molar-refractivity contribution in [1.29, 1.82) is 0 Å². The van der Waals surface area contributed by atoms with E-state index in [1.165, 1.54) is 17.8 Å². The fourth-order valence-corrected chi connectivity index (χ4v) is 7.46. The number of carbonyl (C=O) groups is 1. The van der Waals surface area contributed by atoms with E-state index in [4.69, 9.17) is 0 Å². The van der Waals surface area contributed by atoms with Crippen LogP contribution >= 0.6 is 23.1 Å². The van der Waals surface area contributed by atoms with Gasteiger partial charge in [0.2, 0.25) is 0 Å². The second-order valence-corrected chi connectivity index (χ2v) is 11.0. The molecule has 1 aromatic carbocycles. The lowest BCUT2D eigenvalue weighted by molar-refractivity contribution is -0.126. The molecule has 0 saturated heterocycles. The Morgan fingerprint density at radius 1 is 1.12 bits per heavy atom. The number of rotatable bonds is 4. The molecule has 8 heteroatoms. The summed E-state index contributed by atoms with van der Waals surface area (Å²) in [5.74, 6) is -0.0434. The standard InChI is InChI=1S/C25H30N4O2S2/c1-4-5-15-28-23(31)21(25-27(3)18-13-9-10-14-19(18)32-25)33-24(28)20-16(2)26-29(22(20)30)17-11-7-6-8-12-17/h9-10,13-14,17H,4-8,11-12,15H2,1-3H3/b24-20+,25-21-. The number of amides is 1. The number of para-hydroxylation sites is 1. The van der Waals surface area contributed by atoms with E-state index < -0.39 is 0 Å². The van der Waals surface area contributed by atoms with Crippen molar-refractivity contribution in [1.82, 2.24) is 9.58 Å². The second-order valence-electron chi connectivity index (χ2n) is 8.98. The van der Waals surface area contributed by atoms with Crippen molar-refractivity contribution < 1.29 is 4.79 Å². The van der Waals surface area contributed by atoms with Gasteiger partial charge in [0.15, 0.2) is 0 Å². The van der Waals surface area contributed by atoms with Gasteiger partial charge in [0.1, 0.15) is 14.2 Å². The van der Waals surface area contributed by atoms with Crippen LogP contribution in [0.4, 0.5) is 5.69 Å². The van der Waals surface area contributed by atoms with Crippen molar-refractivity contribution in [3.8, 4) is 0 Å². The molecule has 1 aliphatic carbocycles. The van der Waals surface area contributed by atoms with E-state index in [0.29, 0.717) is 16.7 Å². The van der Waals surface area contributed by atoms with Crippen molar-refractivity contribution >= 4 is 51.0 Å². The minimum Gasteiger partial charge on any atom is -0.337 e. The molecule has 2 aromatic rings. The predicted molar refractivity (Wildman–Crippen MR) is 137 cm³/mol. The topological polar surface area (TPSA) is 57.9 Å². The lowest BCUT2D eigenvalue weighted by Crippen LogP contribution is -2.38. The third kappa shape index (κ3) is 3.87. The van der Waals surface area contributed by atoms with Crippen LogP contribution in [-0.4, -0.2) is 34.3 Å². The average molecular weight is 483 g/mol. The van der Waals surface area contributed by atoms with Crippen LogP contribution in [0.25, 0.3) is 10.6 Å². The smallest absolute Gasteiger partial charge is 0.279 e. The molecule has 1 saturated carbocycles. The van der Waals surface area contributed by atoms with E-state index in [1.54, 1.807) is 16.8 Å². The third-order valence-corrected chi connectivity index (χ3v) is 9.28. The zero-order valence-electron chi connectivity index (χ0n) is 19.5. The van der Waals surface area contributed by atoms with Gasteiger partial charge in [-0.3, -0.25) is 14.2 Å². The van der Waals surface area contributed by atoms with Crippen molar-refractivity contribution in [2.75, 3.05) is 11.9 Å². The largest absolute Gasteiger partial charge is 0.337 e. The van der Waals surface area contributed by atoms with Crippen LogP contribution in [0.15, 0.2) is 39.1 Å². The van der Waals surface area contributed by atoms with Gasteiger partial charge in [-0.2, -0.15) is 5.10 Å². The summed E-state index contributed by atoms with van der Waals surface area (Å²) in [5.41, 5.74) is 2.44. The van der Waals surface area contributed by atoms with Crippen molar-refractivity contribution in [3.63, 3.8) is 0 Å². The molecule has 0 spiro atoms. The van der Waals surface area contributed by atoms with Crippen LogP contribution in [-0.2, 0) is 11.3 Å². The molecule has 174 valence electrons. The molecule has 0 atom stereocenters. The molecule has 0 radical (unpaired) electrons. The molecule has 0 N–H and O–H groups in total. The number of unbranched alkanes of at least 4 members (excludes halogenated alkanes) is 1. The first-order valence-electron chi connectivity index (χ1n) is 11.9. The maximum atomic E-state index is 13.7. The second kappa shape index (κ2) is 9.14. The van der Waals surface area contributed by atoms with Gasteiger partial charge in [0.25, 0.3) is 11.5 Å². The fourth-order valence-electron chi connectivity index (χ4n) is 4.90. The van der Waals surface area contributed by atoms with E-state index in [-0.39, 0.29) is 17.5 Å². The Balaban J connectivity index is 1.67. The van der Waals surface area contributed by atoms with Gasteiger partial charge in [0, 0.05) is 18.5 Å². The maximum absolute atomic E-state index is 13.7. The molecule has 0 unspecified atom stereocenters. The van der Waals surface area contributed by atoms with Gasteiger partial charge in [-0.1, -0.05) is 56.5 Å². The summed E-state index contributed by atoms with van der Waals surface area (Å²) >= 11 is 3.08. The van der Waals surface area contributed by atoms with E-state index >= 15 is 0 Å². The van der Waals surface area contributed by atoms with Crippen LogP contribution in [0, 0.1) is 0 Å². The summed E-state index contributed by atoms with van der Waals surface area (Å²) in [7, 11) is 2.01. The summed E-state index contributed by atoms with van der Waals surface area (Å²) in [6.45, 7) is 4.64. The molecular formula is C25H30N4O2S2. The Hall–Kier alpha value is -2.32. The number of hydrogen-bond acceptors (Lipinski definition) is 6. The molecule has 3 aliphatic rings. The summed E-state index contributed by atoms with van der Waals surface area (Å²) < 4.78 is 3.28. The van der Waals surface area contributed by atoms with Gasteiger partial charge >= 0.3 is 0 Å². The van der Waals surface area contributed by atoms with E-state index in [0.717, 1.165) is 64.5 Å². The molecule has 33 heavy (non-hydrogen) atoms. The number of nitrogens with zero attached hydrogens (tertiary/aromatic N) is 4. The molecule has 1 amide bonds. The summed E-state index contributed by atoms with van der Waals surface area (Å²) in [6.07, 6.45) is 7.41. The van der Waals surface area contributed by atoms with Gasteiger partial charge in [-0.05, 0) is 38.3 Å². The van der Waals surface area contributed by atoms with E-state index in [9.17, 15) is 9.59 Å². The van der Waals surface area contributed by atoms with Crippen LogP contribution < -0.4 is 19.7 Å². The van der Waals surface area contributed by atoms with Gasteiger partial charge < -0.3 is 4.90 Å². The Morgan fingerprint density at radius 3 is 2.61 bits per heavy atom. The zero-order chi connectivity index (χ0) is 23.1. The molecule has 1 fully saturated rings. The number of anilines is 1. The molecule has 6 nitrogen and oxygen atoms in total. The first-order chi connectivity index (χ1) is 16.0. The summed E-state index contributed by atoms with van der Waals surface area (Å²) in [4.78, 5) is 30.5. The quantitative estimate of drug-likeness (QED) is 0.667. The monoisotopic (exact) mass is 482 g/mol. The summed E-state index contributed by atoms with van der Waals surface area (Å²) in [6, 6.07) is 8.38. The predicted octanol–water partition coefficient (Wildman–Crippen LogP) is 3.72. The number of thiazole rings is 1. The number of hydrogen-bond donors (Lipinski definition) is 0. The number of thioether (sulfide) groups is 1. The number of fused-ring (bicyclic) bond motifs is 1. The minimum absolute atomic E-state index is 0.00479. The van der Waals surface area contributed by atoms with E-state index in [1.807, 2.05) is 30.7 Å². The molecule has 2 aliphatic heterocycles. The van der Waals surface area contributed by atoms with Crippen molar-refractivity contribution in [2.24, 2.45) is 5.10 Å². The maximum Gasteiger partial charge on any atom is 0.279 e. The molecular weight excluding hydrogens is 452 g/mol. The molecule has 0 bridgehead atoms. The van der Waals surface area contributed by atoms with Crippen LogP contribution in [0.3, 0.4) is 0 Å². The lowest BCUT2D eigenvalue weighted by Gasteiger charge is -2.27. The Morgan fingerprint density at radius 2 is 1.88 bits per heavy atom. The highest BCUT2D eigenvalue weighted by Crippen LogP contribution is 2.45. The van der Waals surface area contributed by atoms with Gasteiger partial charge in [-0.25, -0.2) is 5.01 Å². The summed E-state index contributed by atoms with van der Waals surface area (Å²) in [5, 5.41) is 7.33. The van der Waals surface area contributed by atoms with Crippen LogP contribution in [0.1, 0.15) is 58.8 Å². The molecule has 5 rings (SSSR count). The van der Waals surface area contributed by atoms with Crippen LogP contribution in [0.2, 0.25) is 0 Å². The highest BCUT2D eigenvalue weighted by molar-refractivity contribution is 8.08. The van der Waals surface area contributed by atoms with Crippen LogP contribution in [0.5, 0.6) is 0 Å². The lowest BCUT2D eigenvalue weighted by atomic mass is 9.95. The molecule has 1 aromatic heterocycles. The highest BCUT2D eigenvalue weighted by Gasteiger charge is 2.35. The number of hydrazone groups is 1. The first-order valence-corrected chi connectivity index (χ1v) is 13.5. The van der Waals surface area contributed by atoms with Crippen molar-refractivity contribution in [2.45, 2.75) is 76.3 Å². The number of benzene rings is 1. The zero-order valence-corrected chi connectivity index (χ0v) is 21.1. The van der Waals surface area contributed by atoms with Gasteiger partial charge in [0.05, 0.1) is 23.0 Å². The Kier molecular flexibility index (Phi) is 6.22. The fraction of sp³-hybridized carbons (Fsp3) is 0.480. The SMILES string of the molecule is CCCCn1c(=O)/c(=C2/Sc3ccccc3N2C)s/c1=C1/C(=O)N(C2CCCCC2)N=C1C. The highest BCUT2D eigenvalue weighted by atomic mass is 32.2. The normalized spacial score (nSPS) is 22.3. The third-order valence-electron chi connectivity index (χ3n) is 6.73. The Labute approximate surface area is 202 Å². The number of aromatic nitrogens is 1. The first kappa shape index (κ1) is 22.5. The van der Waals surface area contributed by atoms with E-state index in [2.05, 4.69) is 29.1 Å². The van der Waals surface area contributed by atoms with Gasteiger partial charge in [-0.15, -0.1) is 11.3 Å². The average Bonchev–Trinajstić information content (AvgIpc) is 3.43.